The van der Waals surface area contributed by atoms with E-state index in [1.165, 1.54) is 0 Å². The van der Waals surface area contributed by atoms with E-state index in [0.29, 0.717) is 0 Å². The van der Waals surface area contributed by atoms with Gasteiger partial charge < -0.3 is 5.32 Å². The maximum Gasteiger partial charge on any atom is 0.275 e. The number of piperazine rings is 1. The van der Waals surface area contributed by atoms with Crippen LogP contribution in [-0.2, 0) is 5.92 Å². The number of nitrogens with zero attached hydrogens (tertiary/aromatic N) is 1. The van der Waals surface area contributed by atoms with E-state index in [9.17, 15) is 8.78 Å². The fourth-order valence-electron chi connectivity index (χ4n) is 2.44. The first-order valence-electron chi connectivity index (χ1n) is 6.82. The first kappa shape index (κ1) is 14.4. The molecular formula is C15H22F2N2. The largest absolute Gasteiger partial charge is 0.314 e. The van der Waals surface area contributed by atoms with Crippen molar-refractivity contribution in [2.45, 2.75) is 25.8 Å². The lowest BCUT2D eigenvalue weighted by atomic mass is 9.95. The zero-order valence-electron chi connectivity index (χ0n) is 11.8. The SMILES string of the molecule is CC(C)C(F)(F)c1ccc(C2CNCCN2C)cc1. The van der Waals surface area contributed by atoms with E-state index in [4.69, 9.17) is 0 Å². The number of benzene rings is 1. The number of nitrogens with one attached hydrogen (secondary N) is 1. The van der Waals surface area contributed by atoms with Crippen molar-refractivity contribution in [3.63, 3.8) is 0 Å². The van der Waals surface area contributed by atoms with Gasteiger partial charge in [0.25, 0.3) is 5.92 Å². The molecule has 0 saturated carbocycles. The number of rotatable bonds is 3. The Labute approximate surface area is 113 Å². The molecule has 4 heteroatoms. The Hall–Kier alpha value is -1.00. The quantitative estimate of drug-likeness (QED) is 0.906. The molecule has 0 bridgehead atoms. The number of likely N-dealkylation sites (N-methyl/N-ethyl adjacent to an activating group) is 1. The van der Waals surface area contributed by atoms with Gasteiger partial charge in [-0.3, -0.25) is 4.90 Å². The molecule has 2 nitrogen and oxygen atoms in total. The van der Waals surface area contributed by atoms with Crippen molar-refractivity contribution in [3.8, 4) is 0 Å². The van der Waals surface area contributed by atoms with Crippen LogP contribution < -0.4 is 5.32 Å². The van der Waals surface area contributed by atoms with Crippen LogP contribution in [0.25, 0.3) is 0 Å². The van der Waals surface area contributed by atoms with Crippen LogP contribution in [-0.4, -0.2) is 31.6 Å². The number of halogens is 2. The van der Waals surface area contributed by atoms with E-state index in [0.717, 1.165) is 25.2 Å². The summed E-state index contributed by atoms with van der Waals surface area (Å²) in [6.45, 7) is 5.93. The summed E-state index contributed by atoms with van der Waals surface area (Å²) in [5.41, 5.74) is 1.20. The van der Waals surface area contributed by atoms with Crippen LogP contribution in [0.5, 0.6) is 0 Å². The maximum atomic E-state index is 13.9. The topological polar surface area (TPSA) is 15.3 Å². The summed E-state index contributed by atoms with van der Waals surface area (Å²) in [6, 6.07) is 7.07. The predicted molar refractivity (Wildman–Crippen MR) is 73.4 cm³/mol. The zero-order chi connectivity index (χ0) is 14.0. The highest BCUT2D eigenvalue weighted by atomic mass is 19.3. The van der Waals surface area contributed by atoms with E-state index in [2.05, 4.69) is 17.3 Å². The van der Waals surface area contributed by atoms with Gasteiger partial charge in [-0.15, -0.1) is 0 Å². The van der Waals surface area contributed by atoms with Crippen LogP contribution in [0.2, 0.25) is 0 Å². The molecule has 1 aromatic carbocycles. The van der Waals surface area contributed by atoms with E-state index in [-0.39, 0.29) is 11.6 Å². The Morgan fingerprint density at radius 1 is 1.26 bits per heavy atom. The van der Waals surface area contributed by atoms with Gasteiger partial charge in [0.1, 0.15) is 0 Å². The van der Waals surface area contributed by atoms with E-state index in [1.807, 2.05) is 12.1 Å². The molecule has 1 fully saturated rings. The molecule has 19 heavy (non-hydrogen) atoms. The highest BCUT2D eigenvalue weighted by Gasteiger charge is 2.35. The molecule has 0 radical (unpaired) electrons. The van der Waals surface area contributed by atoms with Crippen molar-refractivity contribution in [2.75, 3.05) is 26.7 Å². The lowest BCUT2D eigenvalue weighted by molar-refractivity contribution is -0.0514. The third-order valence-electron chi connectivity index (χ3n) is 3.92. The normalized spacial score (nSPS) is 21.9. The van der Waals surface area contributed by atoms with Crippen molar-refractivity contribution in [1.82, 2.24) is 10.2 Å². The minimum Gasteiger partial charge on any atom is -0.314 e. The van der Waals surface area contributed by atoms with Gasteiger partial charge >= 0.3 is 0 Å². The monoisotopic (exact) mass is 268 g/mol. The molecule has 0 amide bonds. The molecule has 1 aliphatic rings. The summed E-state index contributed by atoms with van der Waals surface area (Å²) in [7, 11) is 2.07. The number of hydrogen-bond donors (Lipinski definition) is 1. The van der Waals surface area contributed by atoms with Crippen molar-refractivity contribution >= 4 is 0 Å². The van der Waals surface area contributed by atoms with Gasteiger partial charge in [-0.2, -0.15) is 0 Å². The lowest BCUT2D eigenvalue weighted by Crippen LogP contribution is -2.43. The van der Waals surface area contributed by atoms with Gasteiger partial charge in [-0.25, -0.2) is 8.78 Å². The predicted octanol–water partition coefficient (Wildman–Crippen LogP) is 3.01. The summed E-state index contributed by atoms with van der Waals surface area (Å²) in [6.07, 6.45) is 0. The minimum absolute atomic E-state index is 0.109. The highest BCUT2D eigenvalue weighted by Crippen LogP contribution is 2.36. The van der Waals surface area contributed by atoms with Gasteiger partial charge in [0, 0.05) is 37.2 Å². The summed E-state index contributed by atoms with van der Waals surface area (Å²) < 4.78 is 27.8. The lowest BCUT2D eigenvalue weighted by Gasteiger charge is -2.33. The van der Waals surface area contributed by atoms with Crippen LogP contribution in [0.3, 0.4) is 0 Å². The first-order chi connectivity index (χ1) is 8.93. The fourth-order valence-corrected chi connectivity index (χ4v) is 2.44. The van der Waals surface area contributed by atoms with Crippen LogP contribution >= 0.6 is 0 Å². The van der Waals surface area contributed by atoms with Gasteiger partial charge in [0.15, 0.2) is 0 Å². The van der Waals surface area contributed by atoms with E-state index < -0.39 is 11.8 Å². The van der Waals surface area contributed by atoms with E-state index in [1.54, 1.807) is 26.0 Å². The highest BCUT2D eigenvalue weighted by molar-refractivity contribution is 5.28. The molecule has 106 valence electrons. The molecule has 1 unspecified atom stereocenters. The molecule has 0 aromatic heterocycles. The molecule has 1 saturated heterocycles. The Bertz CT molecular complexity index is 415. The third kappa shape index (κ3) is 2.95. The number of alkyl halides is 2. The van der Waals surface area contributed by atoms with Crippen molar-refractivity contribution < 1.29 is 8.78 Å². The summed E-state index contributed by atoms with van der Waals surface area (Å²) in [5.74, 6) is -3.44. The standard InChI is InChI=1S/C15H22F2N2/c1-11(2)15(16,17)13-6-4-12(5-7-13)14-10-18-8-9-19(14)3/h4-7,11,14,18H,8-10H2,1-3H3. The third-order valence-corrected chi connectivity index (χ3v) is 3.92. The Morgan fingerprint density at radius 2 is 1.89 bits per heavy atom. The number of hydrogen-bond acceptors (Lipinski definition) is 2. The summed E-state index contributed by atoms with van der Waals surface area (Å²) in [4.78, 5) is 2.26. The molecular weight excluding hydrogens is 246 g/mol. The van der Waals surface area contributed by atoms with Crippen LogP contribution in [0.4, 0.5) is 8.78 Å². The van der Waals surface area contributed by atoms with Gasteiger partial charge in [0.2, 0.25) is 0 Å². The molecule has 2 rings (SSSR count). The summed E-state index contributed by atoms with van der Waals surface area (Å²) in [5, 5.41) is 3.34. The fraction of sp³-hybridized carbons (Fsp3) is 0.600. The molecule has 1 aliphatic heterocycles. The Balaban J connectivity index is 2.18. The maximum absolute atomic E-state index is 13.9. The molecule has 0 spiro atoms. The van der Waals surface area contributed by atoms with Crippen molar-refractivity contribution in [1.29, 1.82) is 0 Å². The molecule has 1 aromatic rings. The molecule has 1 atom stereocenters. The minimum atomic E-state index is -2.75. The average molecular weight is 268 g/mol. The second-order valence-corrected chi connectivity index (χ2v) is 5.60. The van der Waals surface area contributed by atoms with Crippen LogP contribution in [0.1, 0.15) is 31.0 Å². The van der Waals surface area contributed by atoms with Crippen molar-refractivity contribution in [2.24, 2.45) is 5.92 Å². The van der Waals surface area contributed by atoms with Gasteiger partial charge in [0.05, 0.1) is 0 Å². The summed E-state index contributed by atoms with van der Waals surface area (Å²) >= 11 is 0. The zero-order valence-corrected chi connectivity index (χ0v) is 11.8. The molecule has 1 N–H and O–H groups in total. The molecule has 1 heterocycles. The van der Waals surface area contributed by atoms with Gasteiger partial charge in [-0.05, 0) is 12.6 Å². The first-order valence-corrected chi connectivity index (χ1v) is 6.82. The van der Waals surface area contributed by atoms with E-state index >= 15 is 0 Å². The average Bonchev–Trinajstić information content (AvgIpc) is 2.39. The van der Waals surface area contributed by atoms with Crippen LogP contribution in [0.15, 0.2) is 24.3 Å². The molecule has 0 aliphatic carbocycles. The smallest absolute Gasteiger partial charge is 0.275 e. The van der Waals surface area contributed by atoms with Crippen molar-refractivity contribution in [3.05, 3.63) is 35.4 Å². The Morgan fingerprint density at radius 3 is 2.42 bits per heavy atom. The second-order valence-electron chi connectivity index (χ2n) is 5.60. The van der Waals surface area contributed by atoms with Gasteiger partial charge in [-0.1, -0.05) is 38.1 Å². The van der Waals surface area contributed by atoms with Crippen LogP contribution in [0, 0.1) is 5.92 Å². The Kier molecular flexibility index (Phi) is 4.21. The second kappa shape index (κ2) is 5.55.